The fourth-order valence-electron chi connectivity index (χ4n) is 2.45. The lowest BCUT2D eigenvalue weighted by Gasteiger charge is -2.33. The van der Waals surface area contributed by atoms with E-state index in [-0.39, 0.29) is 6.10 Å². The Kier molecular flexibility index (Phi) is 4.14. The number of rotatable bonds is 3. The highest BCUT2D eigenvalue weighted by Crippen LogP contribution is 2.28. The topological polar surface area (TPSA) is 43.2 Å². The summed E-state index contributed by atoms with van der Waals surface area (Å²) in [5, 5.41) is 7.90. The van der Waals surface area contributed by atoms with E-state index in [9.17, 15) is 0 Å². The van der Waals surface area contributed by atoms with Crippen molar-refractivity contribution in [3.8, 4) is 0 Å². The van der Waals surface area contributed by atoms with Crippen LogP contribution >= 0.6 is 15.9 Å². The van der Waals surface area contributed by atoms with Crippen LogP contribution in [0.1, 0.15) is 17.4 Å². The molecule has 1 atom stereocenters. The Balaban J connectivity index is 1.71. The van der Waals surface area contributed by atoms with Gasteiger partial charge in [0.15, 0.2) is 0 Å². The molecule has 0 spiro atoms. The minimum Gasteiger partial charge on any atom is -0.371 e. The van der Waals surface area contributed by atoms with Gasteiger partial charge in [-0.25, -0.2) is 0 Å². The Bertz CT molecular complexity index is 586. The lowest BCUT2D eigenvalue weighted by molar-refractivity contribution is -0.0339. The molecule has 6 heteroatoms. The number of aromatic nitrogens is 3. The summed E-state index contributed by atoms with van der Waals surface area (Å²) in [6.45, 7) is 3.42. The van der Waals surface area contributed by atoms with E-state index in [2.05, 4.69) is 43.3 Å². The molecule has 3 rings (SSSR count). The molecule has 5 nitrogen and oxygen atoms in total. The fourth-order valence-corrected chi connectivity index (χ4v) is 2.99. The Labute approximate surface area is 126 Å². The largest absolute Gasteiger partial charge is 0.371 e. The highest BCUT2D eigenvalue weighted by Gasteiger charge is 2.24. The minimum absolute atomic E-state index is 0.112. The Morgan fingerprint density at radius 1 is 1.40 bits per heavy atom. The zero-order valence-corrected chi connectivity index (χ0v) is 13.0. The van der Waals surface area contributed by atoms with Gasteiger partial charge in [0.25, 0.3) is 0 Å². The number of ether oxygens (including phenoxy) is 1. The van der Waals surface area contributed by atoms with E-state index in [0.717, 1.165) is 36.4 Å². The molecule has 0 aliphatic carbocycles. The maximum Gasteiger partial charge on any atom is 0.0963 e. The first-order valence-electron chi connectivity index (χ1n) is 6.66. The first kappa shape index (κ1) is 13.7. The molecule has 0 amide bonds. The molecule has 1 fully saturated rings. The smallest absolute Gasteiger partial charge is 0.0963 e. The first-order chi connectivity index (χ1) is 9.74. The average Bonchev–Trinajstić information content (AvgIpc) is 2.85. The van der Waals surface area contributed by atoms with Crippen LogP contribution in [0.3, 0.4) is 0 Å². The van der Waals surface area contributed by atoms with E-state index < -0.39 is 0 Å². The quantitative estimate of drug-likeness (QED) is 0.861. The number of halogens is 1. The number of hydrogen-bond acceptors (Lipinski definition) is 4. The summed E-state index contributed by atoms with van der Waals surface area (Å²) in [7, 11) is 1.92. The summed E-state index contributed by atoms with van der Waals surface area (Å²) in [5.74, 6) is 0. The van der Waals surface area contributed by atoms with Crippen molar-refractivity contribution in [1.29, 1.82) is 0 Å². The van der Waals surface area contributed by atoms with Gasteiger partial charge < -0.3 is 4.74 Å². The van der Waals surface area contributed by atoms with Gasteiger partial charge in [0, 0.05) is 31.2 Å². The molecular weight excluding hydrogens is 320 g/mol. The molecule has 106 valence electrons. The molecule has 1 aliphatic heterocycles. The molecule has 20 heavy (non-hydrogen) atoms. The zero-order valence-electron chi connectivity index (χ0n) is 11.4. The summed E-state index contributed by atoms with van der Waals surface area (Å²) in [5.41, 5.74) is 2.33. The van der Waals surface area contributed by atoms with Crippen LogP contribution in [0.25, 0.3) is 0 Å². The van der Waals surface area contributed by atoms with Gasteiger partial charge in [0.2, 0.25) is 0 Å². The second-order valence-electron chi connectivity index (χ2n) is 4.97. The highest BCUT2D eigenvalue weighted by molar-refractivity contribution is 9.10. The standard InChI is InChI=1S/C14H17BrN4O/c1-18-11(8-16-17-18)9-19-6-7-20-14(10-19)12-4-2-3-5-13(12)15/h2-5,8,14H,6-7,9-10H2,1H3. The van der Waals surface area contributed by atoms with Gasteiger partial charge in [0.1, 0.15) is 0 Å². The van der Waals surface area contributed by atoms with Gasteiger partial charge in [-0.2, -0.15) is 0 Å². The highest BCUT2D eigenvalue weighted by atomic mass is 79.9. The van der Waals surface area contributed by atoms with Crippen molar-refractivity contribution in [2.24, 2.45) is 7.05 Å². The van der Waals surface area contributed by atoms with Crippen LogP contribution in [0.15, 0.2) is 34.9 Å². The van der Waals surface area contributed by atoms with Crippen molar-refractivity contribution in [3.05, 3.63) is 46.2 Å². The van der Waals surface area contributed by atoms with E-state index >= 15 is 0 Å². The third-order valence-electron chi connectivity index (χ3n) is 3.60. The number of morpholine rings is 1. The van der Waals surface area contributed by atoms with Crippen molar-refractivity contribution in [2.75, 3.05) is 19.7 Å². The summed E-state index contributed by atoms with van der Waals surface area (Å²) in [4.78, 5) is 2.38. The molecule has 1 aromatic carbocycles. The van der Waals surface area contributed by atoms with Gasteiger partial charge in [0.05, 0.1) is 24.6 Å². The second kappa shape index (κ2) is 6.03. The molecule has 2 heterocycles. The second-order valence-corrected chi connectivity index (χ2v) is 5.82. The van der Waals surface area contributed by atoms with Crippen LogP contribution in [0.5, 0.6) is 0 Å². The molecule has 1 unspecified atom stereocenters. The summed E-state index contributed by atoms with van der Waals surface area (Å²) in [6, 6.07) is 8.25. The molecule has 2 aromatic rings. The normalized spacial score (nSPS) is 20.2. The van der Waals surface area contributed by atoms with Gasteiger partial charge in [-0.15, -0.1) is 5.10 Å². The molecule has 1 aromatic heterocycles. The lowest BCUT2D eigenvalue weighted by atomic mass is 10.1. The van der Waals surface area contributed by atoms with Crippen molar-refractivity contribution in [1.82, 2.24) is 19.9 Å². The van der Waals surface area contributed by atoms with Crippen LogP contribution in [-0.2, 0) is 18.3 Å². The van der Waals surface area contributed by atoms with Gasteiger partial charge in [-0.05, 0) is 11.6 Å². The Morgan fingerprint density at radius 3 is 3.00 bits per heavy atom. The average molecular weight is 337 g/mol. The van der Waals surface area contributed by atoms with E-state index in [1.54, 1.807) is 0 Å². The van der Waals surface area contributed by atoms with Gasteiger partial charge >= 0.3 is 0 Å². The summed E-state index contributed by atoms with van der Waals surface area (Å²) < 4.78 is 8.84. The van der Waals surface area contributed by atoms with Crippen molar-refractivity contribution < 1.29 is 4.74 Å². The monoisotopic (exact) mass is 336 g/mol. The molecule has 0 radical (unpaired) electrons. The van der Waals surface area contributed by atoms with Crippen LogP contribution < -0.4 is 0 Å². The van der Waals surface area contributed by atoms with E-state index in [1.807, 2.05) is 30.1 Å². The molecule has 1 saturated heterocycles. The maximum absolute atomic E-state index is 5.91. The van der Waals surface area contributed by atoms with E-state index in [0.29, 0.717) is 0 Å². The predicted octanol–water partition coefficient (Wildman–Crippen LogP) is 2.15. The number of benzene rings is 1. The van der Waals surface area contributed by atoms with E-state index in [1.165, 1.54) is 5.56 Å². The van der Waals surface area contributed by atoms with Crippen LogP contribution in [0.4, 0.5) is 0 Å². The van der Waals surface area contributed by atoms with Gasteiger partial charge in [-0.3, -0.25) is 9.58 Å². The summed E-state index contributed by atoms with van der Waals surface area (Å²) >= 11 is 3.60. The van der Waals surface area contributed by atoms with Crippen LogP contribution in [0.2, 0.25) is 0 Å². The first-order valence-corrected chi connectivity index (χ1v) is 7.45. The Hall–Kier alpha value is -1.24. The number of aryl methyl sites for hydroxylation is 1. The van der Waals surface area contributed by atoms with E-state index in [4.69, 9.17) is 4.74 Å². The van der Waals surface area contributed by atoms with Crippen LogP contribution in [-0.4, -0.2) is 39.6 Å². The van der Waals surface area contributed by atoms with Gasteiger partial charge in [-0.1, -0.05) is 39.3 Å². The molecule has 0 saturated carbocycles. The number of nitrogens with zero attached hydrogens (tertiary/aromatic N) is 4. The predicted molar refractivity (Wildman–Crippen MR) is 79.1 cm³/mol. The van der Waals surface area contributed by atoms with Crippen molar-refractivity contribution in [3.63, 3.8) is 0 Å². The fraction of sp³-hybridized carbons (Fsp3) is 0.429. The third-order valence-corrected chi connectivity index (χ3v) is 4.32. The maximum atomic E-state index is 5.91. The van der Waals surface area contributed by atoms with Crippen LogP contribution in [0, 0.1) is 0 Å². The van der Waals surface area contributed by atoms with Crippen molar-refractivity contribution >= 4 is 15.9 Å². The van der Waals surface area contributed by atoms with Crippen molar-refractivity contribution in [2.45, 2.75) is 12.6 Å². The minimum atomic E-state index is 0.112. The molecule has 0 N–H and O–H groups in total. The Morgan fingerprint density at radius 2 is 2.25 bits per heavy atom. The zero-order chi connectivity index (χ0) is 13.9. The third kappa shape index (κ3) is 2.92. The lowest BCUT2D eigenvalue weighted by Crippen LogP contribution is -2.38. The summed E-state index contributed by atoms with van der Waals surface area (Å²) in [6.07, 6.45) is 1.93. The molecular formula is C14H17BrN4O. The molecule has 1 aliphatic rings. The molecule has 0 bridgehead atoms. The number of hydrogen-bond donors (Lipinski definition) is 0. The SMILES string of the molecule is Cn1nncc1CN1CCOC(c2ccccc2Br)C1.